The number of hydrogen-bond acceptors (Lipinski definition) is 4. The quantitative estimate of drug-likeness (QED) is 0.881. The number of anilines is 1. The number of nitrogen functional groups attached to an aromatic ring is 1. The molecule has 0 saturated heterocycles. The number of esters is 1. The monoisotopic (exact) mass is 313 g/mol. The molecule has 0 radical (unpaired) electrons. The van der Waals surface area contributed by atoms with E-state index in [0.29, 0.717) is 16.6 Å². The average molecular weight is 314 g/mol. The van der Waals surface area contributed by atoms with Gasteiger partial charge in [0, 0.05) is 16.2 Å². The van der Waals surface area contributed by atoms with Crippen molar-refractivity contribution in [1.82, 2.24) is 9.78 Å². The Bertz CT molecular complexity index is 641. The summed E-state index contributed by atoms with van der Waals surface area (Å²) >= 11 is 11.9. The summed E-state index contributed by atoms with van der Waals surface area (Å²) in [6.45, 7) is 2.40. The van der Waals surface area contributed by atoms with Crippen LogP contribution in [0.5, 0.6) is 0 Å². The van der Waals surface area contributed by atoms with Crippen molar-refractivity contribution in [2.24, 2.45) is 0 Å². The van der Waals surface area contributed by atoms with Gasteiger partial charge in [0.15, 0.2) is 5.82 Å². The Kier molecular flexibility index (Phi) is 4.52. The molecule has 0 unspecified atom stereocenters. The van der Waals surface area contributed by atoms with Crippen LogP contribution in [0.4, 0.5) is 5.82 Å². The average Bonchev–Trinajstić information content (AvgIpc) is 2.74. The van der Waals surface area contributed by atoms with E-state index in [1.54, 1.807) is 25.1 Å². The highest BCUT2D eigenvalue weighted by atomic mass is 35.5. The molecule has 0 aliphatic rings. The van der Waals surface area contributed by atoms with Gasteiger partial charge >= 0.3 is 5.97 Å². The SMILES string of the molecule is CCOC(=O)c1cn(Cc2ccc(Cl)cc2Cl)nc1N. The van der Waals surface area contributed by atoms with Crippen LogP contribution in [0.3, 0.4) is 0 Å². The van der Waals surface area contributed by atoms with Crippen molar-refractivity contribution in [2.45, 2.75) is 13.5 Å². The number of ether oxygens (including phenoxy) is 1. The van der Waals surface area contributed by atoms with Gasteiger partial charge in [-0.1, -0.05) is 29.3 Å². The zero-order valence-electron chi connectivity index (χ0n) is 10.8. The molecular formula is C13H13Cl2N3O2. The number of hydrogen-bond donors (Lipinski definition) is 1. The van der Waals surface area contributed by atoms with Gasteiger partial charge in [-0.25, -0.2) is 4.79 Å². The summed E-state index contributed by atoms with van der Waals surface area (Å²) in [6, 6.07) is 5.19. The highest BCUT2D eigenvalue weighted by Gasteiger charge is 2.15. The summed E-state index contributed by atoms with van der Waals surface area (Å²) in [5, 5.41) is 5.17. The second-order valence-corrected chi connectivity index (χ2v) is 4.93. The van der Waals surface area contributed by atoms with Crippen LogP contribution in [0.25, 0.3) is 0 Å². The Morgan fingerprint density at radius 3 is 2.85 bits per heavy atom. The van der Waals surface area contributed by atoms with Gasteiger partial charge in [-0.2, -0.15) is 5.10 Å². The highest BCUT2D eigenvalue weighted by Crippen LogP contribution is 2.22. The maximum atomic E-state index is 11.6. The fourth-order valence-corrected chi connectivity index (χ4v) is 2.18. The maximum absolute atomic E-state index is 11.6. The zero-order chi connectivity index (χ0) is 14.7. The number of nitrogens with zero attached hydrogens (tertiary/aromatic N) is 2. The summed E-state index contributed by atoms with van der Waals surface area (Å²) in [5.74, 6) is -0.355. The van der Waals surface area contributed by atoms with Gasteiger partial charge in [0.25, 0.3) is 0 Å². The van der Waals surface area contributed by atoms with Crippen LogP contribution in [0.1, 0.15) is 22.8 Å². The van der Waals surface area contributed by atoms with E-state index in [4.69, 9.17) is 33.7 Å². The third-order valence-corrected chi connectivity index (χ3v) is 3.22. The van der Waals surface area contributed by atoms with Crippen molar-refractivity contribution in [2.75, 3.05) is 12.3 Å². The molecule has 7 heteroatoms. The first kappa shape index (κ1) is 14.7. The molecule has 1 heterocycles. The molecule has 5 nitrogen and oxygen atoms in total. The van der Waals surface area contributed by atoms with Crippen molar-refractivity contribution in [3.63, 3.8) is 0 Å². The molecule has 2 aromatic rings. The van der Waals surface area contributed by atoms with Gasteiger partial charge in [0.05, 0.1) is 13.2 Å². The molecule has 0 saturated carbocycles. The number of carbonyl (C=O) groups is 1. The van der Waals surface area contributed by atoms with E-state index < -0.39 is 5.97 Å². The maximum Gasteiger partial charge on any atom is 0.343 e. The minimum Gasteiger partial charge on any atom is -0.462 e. The smallest absolute Gasteiger partial charge is 0.343 e. The van der Waals surface area contributed by atoms with Crippen LogP contribution in [0.2, 0.25) is 10.0 Å². The normalized spacial score (nSPS) is 10.6. The topological polar surface area (TPSA) is 70.1 Å². The lowest BCUT2D eigenvalue weighted by Gasteiger charge is -2.04. The van der Waals surface area contributed by atoms with Crippen LogP contribution in [-0.4, -0.2) is 22.4 Å². The third-order valence-electron chi connectivity index (χ3n) is 2.63. The summed E-state index contributed by atoms with van der Waals surface area (Å²) in [4.78, 5) is 11.6. The van der Waals surface area contributed by atoms with Gasteiger partial charge in [0.1, 0.15) is 5.56 Å². The molecule has 2 rings (SSSR count). The molecule has 1 aromatic carbocycles. The van der Waals surface area contributed by atoms with Crippen molar-refractivity contribution in [1.29, 1.82) is 0 Å². The van der Waals surface area contributed by atoms with Gasteiger partial charge in [0.2, 0.25) is 0 Å². The molecule has 106 valence electrons. The minimum atomic E-state index is -0.488. The first-order chi connectivity index (χ1) is 9.51. The van der Waals surface area contributed by atoms with Crippen molar-refractivity contribution in [3.05, 3.63) is 45.6 Å². The van der Waals surface area contributed by atoms with Crippen LogP contribution in [-0.2, 0) is 11.3 Å². The van der Waals surface area contributed by atoms with E-state index in [9.17, 15) is 4.79 Å². The number of carbonyl (C=O) groups excluding carboxylic acids is 1. The van der Waals surface area contributed by atoms with Gasteiger partial charge in [-0.3, -0.25) is 4.68 Å². The molecule has 0 atom stereocenters. The van der Waals surface area contributed by atoms with Crippen molar-refractivity contribution >= 4 is 35.0 Å². The standard InChI is InChI=1S/C13H13Cl2N3O2/c1-2-20-13(19)10-7-18(17-12(10)16)6-8-3-4-9(14)5-11(8)15/h3-5,7H,2,6H2,1H3,(H2,16,17). The number of nitrogens with two attached hydrogens (primary N) is 1. The Labute approximate surface area is 126 Å². The molecule has 0 fully saturated rings. The number of rotatable bonds is 4. The Morgan fingerprint density at radius 2 is 2.20 bits per heavy atom. The molecule has 0 spiro atoms. The molecular weight excluding hydrogens is 301 g/mol. The van der Waals surface area contributed by atoms with E-state index in [2.05, 4.69) is 5.10 Å². The van der Waals surface area contributed by atoms with Crippen LogP contribution >= 0.6 is 23.2 Å². The largest absolute Gasteiger partial charge is 0.462 e. The van der Waals surface area contributed by atoms with Gasteiger partial charge in [-0.15, -0.1) is 0 Å². The Hall–Kier alpha value is -1.72. The van der Waals surface area contributed by atoms with E-state index >= 15 is 0 Å². The van der Waals surface area contributed by atoms with E-state index in [0.717, 1.165) is 5.56 Å². The predicted octanol–water partition coefficient (Wildman–Crippen LogP) is 3.00. The second-order valence-electron chi connectivity index (χ2n) is 4.08. The van der Waals surface area contributed by atoms with Gasteiger partial charge in [-0.05, 0) is 24.6 Å². The second kappa shape index (κ2) is 6.15. The summed E-state index contributed by atoms with van der Waals surface area (Å²) in [5.41, 5.74) is 6.78. The van der Waals surface area contributed by atoms with Gasteiger partial charge < -0.3 is 10.5 Å². The lowest BCUT2D eigenvalue weighted by Crippen LogP contribution is -2.06. The third kappa shape index (κ3) is 3.23. The molecule has 20 heavy (non-hydrogen) atoms. The molecule has 2 N–H and O–H groups in total. The lowest BCUT2D eigenvalue weighted by atomic mass is 10.2. The molecule has 0 bridgehead atoms. The zero-order valence-corrected chi connectivity index (χ0v) is 12.3. The number of aromatic nitrogens is 2. The van der Waals surface area contributed by atoms with E-state index in [1.165, 1.54) is 10.9 Å². The molecule has 0 amide bonds. The predicted molar refractivity (Wildman–Crippen MR) is 78.2 cm³/mol. The van der Waals surface area contributed by atoms with Crippen molar-refractivity contribution in [3.8, 4) is 0 Å². The van der Waals surface area contributed by atoms with Crippen LogP contribution < -0.4 is 5.73 Å². The Balaban J connectivity index is 2.22. The first-order valence-corrected chi connectivity index (χ1v) is 6.70. The molecule has 0 aliphatic carbocycles. The highest BCUT2D eigenvalue weighted by molar-refractivity contribution is 6.35. The van der Waals surface area contributed by atoms with Crippen LogP contribution in [0, 0.1) is 0 Å². The summed E-state index contributed by atoms with van der Waals surface area (Å²) in [7, 11) is 0. The first-order valence-electron chi connectivity index (χ1n) is 5.95. The lowest BCUT2D eigenvalue weighted by molar-refractivity contribution is 0.0527. The van der Waals surface area contributed by atoms with Crippen LogP contribution in [0.15, 0.2) is 24.4 Å². The van der Waals surface area contributed by atoms with Crippen molar-refractivity contribution < 1.29 is 9.53 Å². The molecule has 1 aromatic heterocycles. The molecule has 0 aliphatic heterocycles. The van der Waals surface area contributed by atoms with E-state index in [-0.39, 0.29) is 18.0 Å². The Morgan fingerprint density at radius 1 is 1.45 bits per heavy atom. The summed E-state index contributed by atoms with van der Waals surface area (Å²) in [6.07, 6.45) is 1.54. The number of benzene rings is 1. The van der Waals surface area contributed by atoms with E-state index in [1.807, 2.05) is 0 Å². The summed E-state index contributed by atoms with van der Waals surface area (Å²) < 4.78 is 6.43. The number of halogens is 2. The minimum absolute atomic E-state index is 0.133. The fourth-order valence-electron chi connectivity index (χ4n) is 1.71. The fraction of sp³-hybridized carbons (Fsp3) is 0.231.